The van der Waals surface area contributed by atoms with Gasteiger partial charge in [0.15, 0.2) is 0 Å². The molecule has 0 heterocycles. The fourth-order valence-electron chi connectivity index (χ4n) is 0.974. The molecule has 0 saturated heterocycles. The summed E-state index contributed by atoms with van der Waals surface area (Å²) in [6.45, 7) is 0. The van der Waals surface area contributed by atoms with Crippen molar-refractivity contribution in [3.63, 3.8) is 0 Å². The topological polar surface area (TPSA) is 104 Å². The molecule has 14 heavy (non-hydrogen) atoms. The number of carbonyl (C=O) groups is 1. The quantitative estimate of drug-likeness (QED) is 0.447. The second-order valence-corrected chi connectivity index (χ2v) is 3.32. The third-order valence-corrected chi connectivity index (χ3v) is 2.18. The normalized spacial score (nSPS) is 12.4. The number of rotatable bonds is 3. The summed E-state index contributed by atoms with van der Waals surface area (Å²) >= 11 is 0.377. The van der Waals surface area contributed by atoms with Crippen molar-refractivity contribution in [2.45, 2.75) is 5.37 Å². The van der Waals surface area contributed by atoms with Crippen LogP contribution < -0.4 is 5.73 Å². The number of hydrogen-bond acceptors (Lipinski definition) is 5. The lowest BCUT2D eigenvalue weighted by Gasteiger charge is -2.09. The molecule has 0 spiro atoms. The molecule has 0 radical (unpaired) electrons. The maximum Gasteiger partial charge on any atom is 0.335 e. The number of nitrogens with two attached hydrogens (primary N) is 1. The third kappa shape index (κ3) is 2.16. The van der Waals surface area contributed by atoms with E-state index in [-0.39, 0.29) is 11.3 Å². The van der Waals surface area contributed by atoms with E-state index in [1.165, 1.54) is 12.1 Å². The molecule has 0 aromatic heterocycles. The van der Waals surface area contributed by atoms with Crippen molar-refractivity contribution in [3.8, 4) is 5.75 Å². The van der Waals surface area contributed by atoms with E-state index < -0.39 is 11.3 Å². The van der Waals surface area contributed by atoms with Crippen LogP contribution in [0.4, 0.5) is 0 Å². The van der Waals surface area contributed by atoms with E-state index in [2.05, 4.69) is 0 Å². The fraction of sp³-hybridized carbons (Fsp3) is 0.125. The average Bonchev–Trinajstić information content (AvgIpc) is 2.16. The highest BCUT2D eigenvalue weighted by molar-refractivity contribution is 7.93. The summed E-state index contributed by atoms with van der Waals surface area (Å²) in [5.41, 5.74) is 5.69. The van der Waals surface area contributed by atoms with Gasteiger partial charge in [-0.2, -0.15) is 0 Å². The second kappa shape index (κ2) is 4.32. The Morgan fingerprint density at radius 2 is 2.14 bits per heavy atom. The molecule has 5 N–H and O–H groups in total. The van der Waals surface area contributed by atoms with E-state index in [0.717, 1.165) is 6.07 Å². The van der Waals surface area contributed by atoms with Crippen LogP contribution in [0.5, 0.6) is 5.75 Å². The Bertz CT molecular complexity index is 355. The molecule has 0 aliphatic carbocycles. The van der Waals surface area contributed by atoms with Gasteiger partial charge in [-0.25, -0.2) is 4.79 Å². The van der Waals surface area contributed by atoms with E-state index in [1.54, 1.807) is 0 Å². The molecule has 6 heteroatoms. The van der Waals surface area contributed by atoms with Crippen LogP contribution in [0.25, 0.3) is 0 Å². The fourth-order valence-corrected chi connectivity index (χ4v) is 1.29. The lowest BCUT2D eigenvalue weighted by molar-refractivity contribution is 0.0696. The highest BCUT2D eigenvalue weighted by atomic mass is 32.2. The first kappa shape index (κ1) is 10.8. The molecule has 0 amide bonds. The van der Waals surface area contributed by atoms with Crippen LogP contribution in [0, 0.1) is 0 Å². The van der Waals surface area contributed by atoms with Crippen LogP contribution in [-0.4, -0.2) is 20.7 Å². The van der Waals surface area contributed by atoms with Crippen molar-refractivity contribution >= 4 is 18.0 Å². The number of phenolic OH excluding ortho intramolecular Hbond substituents is 1. The first-order chi connectivity index (χ1) is 6.56. The molecule has 0 aliphatic rings. The Kier molecular flexibility index (Phi) is 3.34. The van der Waals surface area contributed by atoms with Crippen molar-refractivity contribution in [2.24, 2.45) is 5.73 Å². The molecular weight excluding hydrogens is 206 g/mol. The predicted molar refractivity (Wildman–Crippen MR) is 52.2 cm³/mol. The minimum atomic E-state index is -1.13. The van der Waals surface area contributed by atoms with Crippen molar-refractivity contribution in [1.82, 2.24) is 0 Å². The lowest BCUT2D eigenvalue weighted by Crippen LogP contribution is -2.06. The highest BCUT2D eigenvalue weighted by Gasteiger charge is 2.13. The zero-order valence-corrected chi connectivity index (χ0v) is 7.86. The van der Waals surface area contributed by atoms with Gasteiger partial charge in [0.05, 0.1) is 5.56 Å². The molecule has 1 rings (SSSR count). The van der Waals surface area contributed by atoms with Crippen LogP contribution in [0.15, 0.2) is 18.2 Å². The van der Waals surface area contributed by atoms with Crippen molar-refractivity contribution in [1.29, 1.82) is 0 Å². The van der Waals surface area contributed by atoms with Crippen molar-refractivity contribution < 1.29 is 19.6 Å². The van der Waals surface area contributed by atoms with Gasteiger partial charge in [-0.3, -0.25) is 0 Å². The van der Waals surface area contributed by atoms with Gasteiger partial charge >= 0.3 is 5.97 Å². The molecular formula is C8H9NO4S. The third-order valence-electron chi connectivity index (χ3n) is 1.70. The van der Waals surface area contributed by atoms with Crippen LogP contribution in [0.2, 0.25) is 0 Å². The number of carboxylic acids is 1. The molecule has 1 atom stereocenters. The number of benzene rings is 1. The van der Waals surface area contributed by atoms with Crippen molar-refractivity contribution in [2.75, 3.05) is 0 Å². The molecule has 0 saturated carbocycles. The summed E-state index contributed by atoms with van der Waals surface area (Å²) in [5.74, 6) is -1.36. The summed E-state index contributed by atoms with van der Waals surface area (Å²) in [5, 5.41) is 17.2. The summed E-state index contributed by atoms with van der Waals surface area (Å²) in [4.78, 5) is 10.5. The lowest BCUT2D eigenvalue weighted by atomic mass is 10.1. The smallest absolute Gasteiger partial charge is 0.335 e. The maximum atomic E-state index is 10.5. The molecule has 5 nitrogen and oxygen atoms in total. The predicted octanol–water partition coefficient (Wildman–Crippen LogP) is 1.25. The van der Waals surface area contributed by atoms with Gasteiger partial charge in [0.1, 0.15) is 11.1 Å². The summed E-state index contributed by atoms with van der Waals surface area (Å²) < 4.78 is 8.66. The Labute approximate surface area is 84.4 Å². The minimum Gasteiger partial charge on any atom is -0.508 e. The van der Waals surface area contributed by atoms with E-state index >= 15 is 0 Å². The average molecular weight is 215 g/mol. The standard InChI is InChI=1S/C8H9NO4S/c9-7(14-13)5-2-1-4(8(11)12)3-6(5)10/h1-3,7,10,13H,9H2,(H,11,12). The SMILES string of the molecule is NC(SO)c1ccc(C(=O)O)cc1O. The Balaban J connectivity index is 3.07. The molecule has 1 unspecified atom stereocenters. The first-order valence-electron chi connectivity index (χ1n) is 3.68. The van der Waals surface area contributed by atoms with E-state index in [1.807, 2.05) is 0 Å². The molecule has 1 aromatic rings. The number of carboxylic acid groups (broad SMARTS) is 1. The van der Waals surface area contributed by atoms with Gasteiger partial charge in [-0.15, -0.1) is 0 Å². The monoisotopic (exact) mass is 215 g/mol. The summed E-state index contributed by atoms with van der Waals surface area (Å²) in [6.07, 6.45) is 0. The number of phenols is 1. The zero-order valence-electron chi connectivity index (χ0n) is 7.04. The van der Waals surface area contributed by atoms with Crippen LogP contribution in [0.3, 0.4) is 0 Å². The molecule has 1 aromatic carbocycles. The van der Waals surface area contributed by atoms with E-state index in [4.69, 9.17) is 15.4 Å². The summed E-state index contributed by atoms with van der Waals surface area (Å²) in [7, 11) is 0. The van der Waals surface area contributed by atoms with E-state index in [0.29, 0.717) is 17.6 Å². The zero-order chi connectivity index (χ0) is 10.7. The summed E-state index contributed by atoms with van der Waals surface area (Å²) in [6, 6.07) is 3.77. The maximum absolute atomic E-state index is 10.5. The second-order valence-electron chi connectivity index (χ2n) is 2.60. The molecule has 0 fully saturated rings. The van der Waals surface area contributed by atoms with Gasteiger partial charge in [0.2, 0.25) is 0 Å². The Morgan fingerprint density at radius 3 is 2.57 bits per heavy atom. The number of aromatic hydroxyl groups is 1. The van der Waals surface area contributed by atoms with E-state index in [9.17, 15) is 9.90 Å². The van der Waals surface area contributed by atoms with Crippen molar-refractivity contribution in [3.05, 3.63) is 29.3 Å². The highest BCUT2D eigenvalue weighted by Crippen LogP contribution is 2.29. The van der Waals surface area contributed by atoms with Gasteiger partial charge in [-0.1, -0.05) is 6.07 Å². The van der Waals surface area contributed by atoms with Gasteiger partial charge in [0, 0.05) is 17.6 Å². The van der Waals surface area contributed by atoms with Gasteiger partial charge in [-0.05, 0) is 12.1 Å². The molecule has 0 bridgehead atoms. The van der Waals surface area contributed by atoms with Gasteiger partial charge in [0.25, 0.3) is 0 Å². The molecule has 76 valence electrons. The number of hydrogen-bond donors (Lipinski definition) is 4. The Morgan fingerprint density at radius 1 is 1.50 bits per heavy atom. The van der Waals surface area contributed by atoms with Crippen LogP contribution in [0.1, 0.15) is 21.3 Å². The largest absolute Gasteiger partial charge is 0.508 e. The minimum absolute atomic E-state index is 0.0265. The molecule has 0 aliphatic heterocycles. The van der Waals surface area contributed by atoms with Crippen LogP contribution >= 0.6 is 12.0 Å². The number of aromatic carboxylic acids is 1. The van der Waals surface area contributed by atoms with Gasteiger partial charge < -0.3 is 20.5 Å². The Hall–Kier alpha value is -1.24. The van der Waals surface area contributed by atoms with Crippen LogP contribution in [-0.2, 0) is 0 Å². The first-order valence-corrected chi connectivity index (χ1v) is 4.52.